The number of rotatable bonds is 1. The van der Waals surface area contributed by atoms with Crippen LogP contribution in [-0.2, 0) is 0 Å². The highest BCUT2D eigenvalue weighted by Crippen LogP contribution is 2.37. The van der Waals surface area contributed by atoms with Crippen LogP contribution in [0.4, 0.5) is 0 Å². The summed E-state index contributed by atoms with van der Waals surface area (Å²) in [6.45, 7) is 1.14. The minimum Gasteiger partial charge on any atom is -0.455 e. The number of hydrogen-bond acceptors (Lipinski definition) is 3. The highest BCUT2D eigenvalue weighted by molar-refractivity contribution is 5.79. The van der Waals surface area contributed by atoms with E-state index in [0.29, 0.717) is 6.04 Å². The number of hydrogen-bond donors (Lipinski definition) is 1. The van der Waals surface area contributed by atoms with Gasteiger partial charge in [-0.1, -0.05) is 6.08 Å². The average molecular weight is 212 g/mol. The normalized spacial score (nSPS) is 27.6. The molecule has 1 N–H and O–H groups in total. The molecular formula is C13H12N2O. The number of nitrogens with one attached hydrogen (secondary N) is 1. The van der Waals surface area contributed by atoms with Crippen molar-refractivity contribution in [2.24, 2.45) is 5.92 Å². The Morgan fingerprint density at radius 2 is 2.44 bits per heavy atom. The van der Waals surface area contributed by atoms with Gasteiger partial charge in [0.15, 0.2) is 5.58 Å². The second-order valence-corrected chi connectivity index (χ2v) is 4.59. The van der Waals surface area contributed by atoms with Crippen molar-refractivity contribution in [2.75, 3.05) is 6.54 Å². The first-order chi connectivity index (χ1) is 7.90. The second-order valence-electron chi connectivity index (χ2n) is 4.59. The van der Waals surface area contributed by atoms with E-state index in [9.17, 15) is 0 Å². The molecule has 0 unspecified atom stereocenters. The van der Waals surface area contributed by atoms with Gasteiger partial charge >= 0.3 is 0 Å². The van der Waals surface area contributed by atoms with E-state index >= 15 is 0 Å². The van der Waals surface area contributed by atoms with Crippen molar-refractivity contribution in [3.05, 3.63) is 36.2 Å². The third-order valence-electron chi connectivity index (χ3n) is 3.59. The van der Waals surface area contributed by atoms with Crippen molar-refractivity contribution >= 4 is 16.7 Å². The van der Waals surface area contributed by atoms with Gasteiger partial charge in [-0.3, -0.25) is 4.98 Å². The van der Waals surface area contributed by atoms with Crippen LogP contribution in [0.3, 0.4) is 0 Å². The Hall–Kier alpha value is -1.61. The van der Waals surface area contributed by atoms with Crippen LogP contribution in [-0.4, -0.2) is 17.6 Å². The lowest BCUT2D eigenvalue weighted by Crippen LogP contribution is -2.49. The molecule has 2 atom stereocenters. The van der Waals surface area contributed by atoms with E-state index in [4.69, 9.17) is 4.42 Å². The molecule has 1 aliphatic carbocycles. The molecule has 80 valence electrons. The number of pyridine rings is 1. The molecular weight excluding hydrogens is 200 g/mol. The fraction of sp³-hybridized carbons (Fsp3) is 0.308. The molecule has 3 nitrogen and oxygen atoms in total. The summed E-state index contributed by atoms with van der Waals surface area (Å²) in [7, 11) is 0. The highest BCUT2D eigenvalue weighted by Gasteiger charge is 2.35. The predicted molar refractivity (Wildman–Crippen MR) is 61.9 cm³/mol. The Morgan fingerprint density at radius 1 is 1.44 bits per heavy atom. The molecule has 1 saturated heterocycles. The summed E-state index contributed by atoms with van der Waals surface area (Å²) >= 11 is 0. The smallest absolute Gasteiger partial charge is 0.153 e. The van der Waals surface area contributed by atoms with Gasteiger partial charge in [0.1, 0.15) is 11.3 Å². The van der Waals surface area contributed by atoms with Crippen molar-refractivity contribution in [1.29, 1.82) is 0 Å². The average Bonchev–Trinajstić information content (AvgIpc) is 2.81. The summed E-state index contributed by atoms with van der Waals surface area (Å²) < 4.78 is 5.82. The van der Waals surface area contributed by atoms with E-state index in [2.05, 4.69) is 16.4 Å². The standard InChI is InChI=1S/C13H12N2O/c1-2-12-11(14-3-1)6-13(16-12)8-4-9-7-15-10(9)5-8/h1-3,5-6,9-10,15H,4,7H2/t9-,10-/m1/s1. The third kappa shape index (κ3) is 1.09. The SMILES string of the molecule is C1=C(c2cc3ncccc3o2)C[C@@H]2CN[C@H]12. The van der Waals surface area contributed by atoms with Crippen LogP contribution < -0.4 is 5.32 Å². The van der Waals surface area contributed by atoms with Gasteiger partial charge in [-0.15, -0.1) is 0 Å². The molecule has 0 bridgehead atoms. The molecule has 0 spiro atoms. The minimum atomic E-state index is 0.580. The number of fused-ring (bicyclic) bond motifs is 2. The van der Waals surface area contributed by atoms with Crippen molar-refractivity contribution in [3.8, 4) is 0 Å². The van der Waals surface area contributed by atoms with E-state index in [1.807, 2.05) is 18.2 Å². The molecule has 4 rings (SSSR count). The van der Waals surface area contributed by atoms with Crippen LogP contribution in [0.25, 0.3) is 16.7 Å². The lowest BCUT2D eigenvalue weighted by atomic mass is 9.94. The van der Waals surface area contributed by atoms with Crippen LogP contribution in [0.5, 0.6) is 0 Å². The van der Waals surface area contributed by atoms with Crippen LogP contribution >= 0.6 is 0 Å². The minimum absolute atomic E-state index is 0.580. The van der Waals surface area contributed by atoms with Gasteiger partial charge in [-0.2, -0.15) is 0 Å². The maximum atomic E-state index is 5.82. The van der Waals surface area contributed by atoms with E-state index < -0.39 is 0 Å². The quantitative estimate of drug-likeness (QED) is 0.787. The van der Waals surface area contributed by atoms with Gasteiger partial charge in [0.05, 0.1) is 0 Å². The first-order valence-corrected chi connectivity index (χ1v) is 5.69. The van der Waals surface area contributed by atoms with Gasteiger partial charge in [-0.25, -0.2) is 0 Å². The molecule has 2 aromatic heterocycles. The molecule has 2 aliphatic rings. The number of furan rings is 1. The van der Waals surface area contributed by atoms with Crippen molar-refractivity contribution < 1.29 is 4.42 Å². The number of aromatic nitrogens is 1. The second kappa shape index (κ2) is 2.95. The van der Waals surface area contributed by atoms with E-state index in [1.54, 1.807) is 6.20 Å². The van der Waals surface area contributed by atoms with Gasteiger partial charge in [0.25, 0.3) is 0 Å². The lowest BCUT2D eigenvalue weighted by Gasteiger charge is -2.31. The Balaban J connectivity index is 1.79. The summed E-state index contributed by atoms with van der Waals surface area (Å²) in [5.74, 6) is 1.78. The summed E-state index contributed by atoms with van der Waals surface area (Å²) in [4.78, 5) is 4.29. The Bertz CT molecular complexity index is 551. The zero-order valence-electron chi connectivity index (χ0n) is 8.81. The van der Waals surface area contributed by atoms with Gasteiger partial charge < -0.3 is 9.73 Å². The molecule has 0 aromatic carbocycles. The Morgan fingerprint density at radius 3 is 3.12 bits per heavy atom. The number of nitrogens with zero attached hydrogens (tertiary/aromatic N) is 1. The lowest BCUT2D eigenvalue weighted by molar-refractivity contribution is 0.301. The topological polar surface area (TPSA) is 38.1 Å². The zero-order chi connectivity index (χ0) is 10.5. The first kappa shape index (κ1) is 8.53. The molecule has 0 amide bonds. The largest absolute Gasteiger partial charge is 0.455 e. The fourth-order valence-electron chi connectivity index (χ4n) is 2.59. The van der Waals surface area contributed by atoms with Gasteiger partial charge in [-0.05, 0) is 30.0 Å². The molecule has 3 heteroatoms. The van der Waals surface area contributed by atoms with Crippen molar-refractivity contribution in [2.45, 2.75) is 12.5 Å². The monoisotopic (exact) mass is 212 g/mol. The number of allylic oxidation sites excluding steroid dienone is 1. The van der Waals surface area contributed by atoms with E-state index in [1.165, 1.54) is 5.57 Å². The summed E-state index contributed by atoms with van der Waals surface area (Å²) in [5.41, 5.74) is 3.16. The van der Waals surface area contributed by atoms with E-state index in [-0.39, 0.29) is 0 Å². The van der Waals surface area contributed by atoms with Crippen molar-refractivity contribution in [1.82, 2.24) is 10.3 Å². The predicted octanol–water partition coefficient (Wildman–Crippen LogP) is 2.20. The third-order valence-corrected chi connectivity index (χ3v) is 3.59. The maximum Gasteiger partial charge on any atom is 0.153 e. The Labute approximate surface area is 93.2 Å². The van der Waals surface area contributed by atoms with Crippen LogP contribution in [0.2, 0.25) is 0 Å². The summed E-state index contributed by atoms with van der Waals surface area (Å²) in [6.07, 6.45) is 5.24. The summed E-state index contributed by atoms with van der Waals surface area (Å²) in [6, 6.07) is 6.50. The zero-order valence-corrected chi connectivity index (χ0v) is 8.81. The molecule has 3 heterocycles. The highest BCUT2D eigenvalue weighted by atomic mass is 16.3. The van der Waals surface area contributed by atoms with Crippen molar-refractivity contribution in [3.63, 3.8) is 0 Å². The summed E-state index contributed by atoms with van der Waals surface area (Å²) in [5, 5.41) is 3.41. The fourth-order valence-corrected chi connectivity index (χ4v) is 2.59. The molecule has 2 aromatic rings. The van der Waals surface area contributed by atoms with Crippen LogP contribution in [0, 0.1) is 5.92 Å². The van der Waals surface area contributed by atoms with Crippen LogP contribution in [0.15, 0.2) is 34.9 Å². The van der Waals surface area contributed by atoms with Gasteiger partial charge in [0.2, 0.25) is 0 Å². The van der Waals surface area contributed by atoms with Gasteiger partial charge in [0, 0.05) is 24.8 Å². The molecule has 1 aliphatic heterocycles. The molecule has 16 heavy (non-hydrogen) atoms. The van der Waals surface area contributed by atoms with E-state index in [0.717, 1.165) is 35.7 Å². The van der Waals surface area contributed by atoms with Crippen LogP contribution in [0.1, 0.15) is 12.2 Å². The first-order valence-electron chi connectivity index (χ1n) is 5.69. The Kier molecular flexibility index (Phi) is 1.57. The molecule has 1 fully saturated rings. The molecule has 0 radical (unpaired) electrons. The molecule has 0 saturated carbocycles. The maximum absolute atomic E-state index is 5.82.